The molecular weight excluding hydrogens is 687 g/mol. The van der Waals surface area contributed by atoms with Gasteiger partial charge in [-0.05, 0) is 98.3 Å². The maximum Gasteiger partial charge on any atom is 0.326 e. The van der Waals surface area contributed by atoms with E-state index in [0.717, 1.165) is 37.3 Å². The van der Waals surface area contributed by atoms with E-state index in [1.807, 2.05) is 91.0 Å². The molecule has 5 aromatic carbocycles. The Morgan fingerprint density at radius 3 is 1.96 bits per heavy atom. The number of rotatable bonds is 11. The van der Waals surface area contributed by atoms with Gasteiger partial charge in [-0.15, -0.1) is 0 Å². The Kier molecular flexibility index (Phi) is 10.4. The van der Waals surface area contributed by atoms with Crippen LogP contribution in [0.5, 0.6) is 11.5 Å². The van der Waals surface area contributed by atoms with Gasteiger partial charge in [0.25, 0.3) is 5.91 Å². The summed E-state index contributed by atoms with van der Waals surface area (Å²) in [5, 5.41) is 16.1. The lowest BCUT2D eigenvalue weighted by atomic mass is 9.87. The molecule has 234 valence electrons. The van der Waals surface area contributed by atoms with Crippen molar-refractivity contribution in [3.8, 4) is 22.6 Å². The van der Waals surface area contributed by atoms with Gasteiger partial charge in [0.1, 0.15) is 17.5 Å². The summed E-state index contributed by atoms with van der Waals surface area (Å²) in [6.07, 6.45) is 0.151. The molecular formula is C39H37IN2O4. The number of hydrogen-bond acceptors (Lipinski definition) is 4. The standard InChI is InChI=1S/C39H37IN2O4/c1-39(2,3)30-17-11-27(12-18-30)25-41-35-22-19-31(40)24-34(35)37(43)42-36(38(44)45)23-26-9-13-28(14-10-26)29-15-20-33(21-16-29)46-32-7-5-4-6-8-32/h4-22,24,36,41H,23,25H2,1-3H3,(H,42,43)(H,44,45)/t36-/m0/s1. The van der Waals surface area contributed by atoms with Crippen LogP contribution >= 0.6 is 22.6 Å². The topological polar surface area (TPSA) is 87.7 Å². The molecule has 0 bridgehead atoms. The first-order valence-electron chi connectivity index (χ1n) is 15.1. The van der Waals surface area contributed by atoms with E-state index in [4.69, 9.17) is 4.74 Å². The lowest BCUT2D eigenvalue weighted by Crippen LogP contribution is -2.42. The molecule has 0 fully saturated rings. The van der Waals surface area contributed by atoms with Crippen LogP contribution in [0.25, 0.3) is 11.1 Å². The number of para-hydroxylation sites is 1. The first-order valence-corrected chi connectivity index (χ1v) is 16.2. The third kappa shape index (κ3) is 8.75. The van der Waals surface area contributed by atoms with Crippen LogP contribution in [0, 0.1) is 3.57 Å². The minimum atomic E-state index is -1.09. The molecule has 5 rings (SSSR count). The number of amides is 1. The van der Waals surface area contributed by atoms with Crippen molar-refractivity contribution >= 4 is 40.2 Å². The molecule has 7 heteroatoms. The maximum atomic E-state index is 13.4. The number of hydrogen-bond donors (Lipinski definition) is 3. The van der Waals surface area contributed by atoms with E-state index in [1.54, 1.807) is 6.07 Å². The predicted octanol–water partition coefficient (Wildman–Crippen LogP) is 9.09. The summed E-state index contributed by atoms with van der Waals surface area (Å²) in [5.41, 5.74) is 6.27. The number of ether oxygens (including phenoxy) is 1. The van der Waals surface area contributed by atoms with Crippen molar-refractivity contribution in [1.82, 2.24) is 5.32 Å². The highest BCUT2D eigenvalue weighted by molar-refractivity contribution is 14.1. The lowest BCUT2D eigenvalue weighted by Gasteiger charge is -2.19. The molecule has 1 amide bonds. The zero-order valence-electron chi connectivity index (χ0n) is 26.1. The van der Waals surface area contributed by atoms with Crippen molar-refractivity contribution in [3.63, 3.8) is 0 Å². The van der Waals surface area contributed by atoms with E-state index in [-0.39, 0.29) is 11.8 Å². The molecule has 46 heavy (non-hydrogen) atoms. The molecule has 0 saturated heterocycles. The van der Waals surface area contributed by atoms with Crippen molar-refractivity contribution in [2.75, 3.05) is 5.32 Å². The quantitative estimate of drug-likeness (QED) is 0.118. The molecule has 5 aromatic rings. The van der Waals surface area contributed by atoms with Gasteiger partial charge in [0.05, 0.1) is 5.56 Å². The molecule has 6 nitrogen and oxygen atoms in total. The van der Waals surface area contributed by atoms with E-state index in [2.05, 4.69) is 78.3 Å². The van der Waals surface area contributed by atoms with Crippen LogP contribution < -0.4 is 15.4 Å². The van der Waals surface area contributed by atoms with Crippen LogP contribution in [0.2, 0.25) is 0 Å². The van der Waals surface area contributed by atoms with E-state index in [1.165, 1.54) is 5.56 Å². The molecule has 0 radical (unpaired) electrons. The fourth-order valence-corrected chi connectivity index (χ4v) is 5.51. The average Bonchev–Trinajstić information content (AvgIpc) is 3.05. The SMILES string of the molecule is CC(C)(C)c1ccc(CNc2ccc(I)cc2C(=O)N[C@@H](Cc2ccc(-c3ccc(Oc4ccccc4)cc3)cc2)C(=O)O)cc1. The number of benzene rings is 5. The Balaban J connectivity index is 1.23. The third-order valence-electron chi connectivity index (χ3n) is 7.69. The van der Waals surface area contributed by atoms with Crippen LogP contribution in [0.4, 0.5) is 5.69 Å². The first kappa shape index (κ1) is 32.8. The summed E-state index contributed by atoms with van der Waals surface area (Å²) in [5.74, 6) is -0.0136. The number of aliphatic carboxylic acids is 1. The predicted molar refractivity (Wildman–Crippen MR) is 193 cm³/mol. The third-order valence-corrected chi connectivity index (χ3v) is 8.36. The second-order valence-corrected chi connectivity index (χ2v) is 13.4. The van der Waals surface area contributed by atoms with Gasteiger partial charge in [-0.2, -0.15) is 0 Å². The van der Waals surface area contributed by atoms with Gasteiger partial charge in [0.15, 0.2) is 0 Å². The summed E-state index contributed by atoms with van der Waals surface area (Å²) in [6.45, 7) is 7.07. The summed E-state index contributed by atoms with van der Waals surface area (Å²) < 4.78 is 6.76. The van der Waals surface area contributed by atoms with Gasteiger partial charge in [0.2, 0.25) is 0 Å². The molecule has 0 spiro atoms. The van der Waals surface area contributed by atoms with E-state index < -0.39 is 17.9 Å². The molecule has 1 atom stereocenters. The Hall–Kier alpha value is -4.63. The minimum absolute atomic E-state index is 0.0705. The molecule has 0 aliphatic heterocycles. The molecule has 0 aliphatic carbocycles. The fraction of sp³-hybridized carbons (Fsp3) is 0.179. The second-order valence-electron chi connectivity index (χ2n) is 12.2. The number of anilines is 1. The summed E-state index contributed by atoms with van der Waals surface area (Å²) in [6, 6.07) is 38.0. The summed E-state index contributed by atoms with van der Waals surface area (Å²) >= 11 is 2.16. The zero-order valence-corrected chi connectivity index (χ0v) is 28.2. The largest absolute Gasteiger partial charge is 0.480 e. The number of carbonyl (C=O) groups is 2. The number of halogens is 1. The van der Waals surface area contributed by atoms with Crippen LogP contribution in [0.1, 0.15) is 47.8 Å². The van der Waals surface area contributed by atoms with Gasteiger partial charge >= 0.3 is 5.97 Å². The molecule has 3 N–H and O–H groups in total. The van der Waals surface area contributed by atoms with Crippen LogP contribution in [-0.2, 0) is 23.2 Å². The van der Waals surface area contributed by atoms with Crippen molar-refractivity contribution in [2.24, 2.45) is 0 Å². The molecule has 0 heterocycles. The smallest absolute Gasteiger partial charge is 0.326 e. The van der Waals surface area contributed by atoms with Gasteiger partial charge in [-0.25, -0.2) is 4.79 Å². The summed E-state index contributed by atoms with van der Waals surface area (Å²) in [7, 11) is 0. The maximum absolute atomic E-state index is 13.4. The van der Waals surface area contributed by atoms with Crippen molar-refractivity contribution in [1.29, 1.82) is 0 Å². The van der Waals surface area contributed by atoms with Crippen LogP contribution in [0.3, 0.4) is 0 Å². The Morgan fingerprint density at radius 1 is 0.761 bits per heavy atom. The zero-order chi connectivity index (χ0) is 32.7. The number of carbonyl (C=O) groups excluding carboxylic acids is 1. The number of carboxylic acid groups (broad SMARTS) is 1. The lowest BCUT2D eigenvalue weighted by molar-refractivity contribution is -0.139. The molecule has 0 aromatic heterocycles. The minimum Gasteiger partial charge on any atom is -0.480 e. The molecule has 0 saturated carbocycles. The number of carboxylic acids is 1. The Bertz CT molecular complexity index is 1780. The molecule has 0 aliphatic rings. The van der Waals surface area contributed by atoms with Crippen molar-refractivity contribution in [2.45, 2.75) is 45.2 Å². The molecule has 0 unspecified atom stereocenters. The van der Waals surface area contributed by atoms with Crippen LogP contribution in [0.15, 0.2) is 121 Å². The van der Waals surface area contributed by atoms with Crippen molar-refractivity contribution < 1.29 is 19.4 Å². The van der Waals surface area contributed by atoms with Gasteiger partial charge in [-0.3, -0.25) is 4.79 Å². The van der Waals surface area contributed by atoms with E-state index in [0.29, 0.717) is 17.8 Å². The van der Waals surface area contributed by atoms with Crippen molar-refractivity contribution in [3.05, 3.63) is 147 Å². The van der Waals surface area contributed by atoms with Gasteiger partial charge < -0.3 is 20.5 Å². The monoisotopic (exact) mass is 724 g/mol. The van der Waals surface area contributed by atoms with Gasteiger partial charge in [-0.1, -0.05) is 99.6 Å². The highest BCUT2D eigenvalue weighted by Crippen LogP contribution is 2.27. The fourth-order valence-electron chi connectivity index (χ4n) is 5.02. The highest BCUT2D eigenvalue weighted by Gasteiger charge is 2.23. The number of nitrogens with one attached hydrogen (secondary N) is 2. The average molecular weight is 725 g/mol. The normalized spacial score (nSPS) is 11.8. The summed E-state index contributed by atoms with van der Waals surface area (Å²) in [4.78, 5) is 25.7. The second kappa shape index (κ2) is 14.6. The Labute approximate surface area is 284 Å². The highest BCUT2D eigenvalue weighted by atomic mass is 127. The van der Waals surface area contributed by atoms with E-state index >= 15 is 0 Å². The van der Waals surface area contributed by atoms with Gasteiger partial charge in [0, 0.05) is 22.2 Å². The first-order chi connectivity index (χ1) is 22.0. The van der Waals surface area contributed by atoms with Crippen LogP contribution in [-0.4, -0.2) is 23.0 Å². The van der Waals surface area contributed by atoms with E-state index in [9.17, 15) is 14.7 Å². The Morgan fingerprint density at radius 2 is 1.35 bits per heavy atom.